The van der Waals surface area contributed by atoms with Crippen LogP contribution in [0.1, 0.15) is 0 Å². The summed E-state index contributed by atoms with van der Waals surface area (Å²) >= 11 is 0. The summed E-state index contributed by atoms with van der Waals surface area (Å²) in [4.78, 5) is 10.9. The number of aliphatic hydroxyl groups is 3. The first-order valence-corrected chi connectivity index (χ1v) is 4.64. The van der Waals surface area contributed by atoms with Crippen LogP contribution in [0, 0.1) is 0 Å². The van der Waals surface area contributed by atoms with Crippen molar-refractivity contribution in [3.05, 3.63) is 0 Å². The van der Waals surface area contributed by atoms with Gasteiger partial charge in [0, 0.05) is 0 Å². The summed E-state index contributed by atoms with van der Waals surface area (Å²) in [6.45, 7) is -1.10. The SMILES string of the molecule is B[C@@H]1N(C(=O)C(F)(F)F)[C@H](CO)[C@@H](O)[C@@]1(O)F. The first-order chi connectivity index (χ1) is 7.55. The van der Waals surface area contributed by atoms with Gasteiger partial charge in [-0.15, -0.1) is 0 Å². The van der Waals surface area contributed by atoms with Crippen molar-refractivity contribution in [3.8, 4) is 0 Å². The van der Waals surface area contributed by atoms with Crippen LogP contribution in [0.15, 0.2) is 0 Å². The van der Waals surface area contributed by atoms with Gasteiger partial charge >= 0.3 is 12.1 Å². The van der Waals surface area contributed by atoms with Gasteiger partial charge in [0.25, 0.3) is 0 Å². The zero-order valence-electron chi connectivity index (χ0n) is 8.65. The van der Waals surface area contributed by atoms with Crippen molar-refractivity contribution in [2.75, 3.05) is 6.61 Å². The lowest BCUT2D eigenvalue weighted by Crippen LogP contribution is -2.52. The molecule has 1 aliphatic rings. The standard InChI is InChI=1S/C7H10BF4NO4/c8-4-6(9,17)3(15)2(1-14)13(4)5(16)7(10,11)12/h2-4,14-15,17H,1,8H2/t2-,3-,4-,6+/m1/s1. The Morgan fingerprint density at radius 2 is 1.94 bits per heavy atom. The summed E-state index contributed by atoms with van der Waals surface area (Å²) in [5.74, 6) is -7.73. The molecule has 1 fully saturated rings. The average molecular weight is 259 g/mol. The molecule has 0 aliphatic carbocycles. The van der Waals surface area contributed by atoms with E-state index in [2.05, 4.69) is 0 Å². The lowest BCUT2D eigenvalue weighted by Gasteiger charge is -2.28. The minimum Gasteiger partial charge on any atom is -0.394 e. The Balaban J connectivity index is 3.11. The molecule has 4 atom stereocenters. The molecule has 0 bridgehead atoms. The zero-order chi connectivity index (χ0) is 13.6. The van der Waals surface area contributed by atoms with Crippen LogP contribution in [0.3, 0.4) is 0 Å². The van der Waals surface area contributed by atoms with Crippen LogP contribution in [0.4, 0.5) is 17.6 Å². The second kappa shape index (κ2) is 4.11. The van der Waals surface area contributed by atoms with Crippen molar-refractivity contribution < 1.29 is 37.7 Å². The molecule has 0 unspecified atom stereocenters. The number of carbonyl (C=O) groups is 1. The maximum Gasteiger partial charge on any atom is 0.471 e. The molecule has 10 heteroatoms. The predicted octanol–water partition coefficient (Wildman–Crippen LogP) is -2.27. The second-order valence-corrected chi connectivity index (χ2v) is 3.81. The molecule has 0 saturated carbocycles. The van der Waals surface area contributed by atoms with Gasteiger partial charge in [-0.25, -0.2) is 4.39 Å². The molecule has 0 aromatic rings. The van der Waals surface area contributed by atoms with Crippen LogP contribution in [-0.2, 0) is 4.79 Å². The molecule has 0 aromatic carbocycles. The number of aliphatic hydroxyl groups excluding tert-OH is 2. The maximum atomic E-state index is 13.5. The summed E-state index contributed by atoms with van der Waals surface area (Å²) in [7, 11) is 0.808. The van der Waals surface area contributed by atoms with Gasteiger partial charge in [-0.3, -0.25) is 4.79 Å². The Morgan fingerprint density at radius 3 is 2.29 bits per heavy atom. The van der Waals surface area contributed by atoms with E-state index in [0.717, 1.165) is 7.85 Å². The first-order valence-electron chi connectivity index (χ1n) is 4.64. The van der Waals surface area contributed by atoms with Gasteiger partial charge in [0.05, 0.1) is 18.6 Å². The molecule has 1 saturated heterocycles. The van der Waals surface area contributed by atoms with Gasteiger partial charge < -0.3 is 20.2 Å². The van der Waals surface area contributed by atoms with Crippen molar-refractivity contribution in [1.29, 1.82) is 0 Å². The largest absolute Gasteiger partial charge is 0.471 e. The van der Waals surface area contributed by atoms with Crippen LogP contribution >= 0.6 is 0 Å². The molecular weight excluding hydrogens is 249 g/mol. The van der Waals surface area contributed by atoms with Crippen LogP contribution < -0.4 is 0 Å². The third kappa shape index (κ3) is 2.12. The number of carbonyl (C=O) groups excluding carboxylic acids is 1. The van der Waals surface area contributed by atoms with E-state index in [1.165, 1.54) is 0 Å². The van der Waals surface area contributed by atoms with E-state index in [1.54, 1.807) is 0 Å². The summed E-state index contributed by atoms with van der Waals surface area (Å²) in [5, 5.41) is 27.1. The molecule has 5 nitrogen and oxygen atoms in total. The van der Waals surface area contributed by atoms with E-state index in [4.69, 9.17) is 10.2 Å². The van der Waals surface area contributed by atoms with Gasteiger partial charge in [0.2, 0.25) is 5.85 Å². The quantitative estimate of drug-likeness (QED) is 0.366. The summed E-state index contributed by atoms with van der Waals surface area (Å²) in [6.07, 6.45) is -7.57. The van der Waals surface area contributed by atoms with E-state index in [0.29, 0.717) is 0 Å². The number of amides is 1. The Kier molecular flexibility index (Phi) is 3.43. The highest BCUT2D eigenvalue weighted by molar-refractivity contribution is 6.14. The van der Waals surface area contributed by atoms with E-state index in [1.807, 2.05) is 0 Å². The minimum absolute atomic E-state index is 0.0926. The van der Waals surface area contributed by atoms with E-state index >= 15 is 0 Å². The lowest BCUT2D eigenvalue weighted by atomic mass is 9.89. The van der Waals surface area contributed by atoms with Gasteiger partial charge in [-0.1, -0.05) is 0 Å². The van der Waals surface area contributed by atoms with Crippen LogP contribution in [-0.4, -0.2) is 70.7 Å². The van der Waals surface area contributed by atoms with Gasteiger partial charge in [-0.05, 0) is 0 Å². The van der Waals surface area contributed by atoms with Gasteiger partial charge in [0.1, 0.15) is 14.0 Å². The Labute approximate surface area is 94.0 Å². The van der Waals surface area contributed by atoms with E-state index in [9.17, 15) is 27.5 Å². The maximum absolute atomic E-state index is 13.5. The number of nitrogens with zero attached hydrogens (tertiary/aromatic N) is 1. The Bertz CT molecular complexity index is 323. The number of hydrogen-bond acceptors (Lipinski definition) is 4. The number of rotatable bonds is 1. The number of alkyl halides is 4. The minimum atomic E-state index is -5.28. The fourth-order valence-electron chi connectivity index (χ4n) is 1.81. The zero-order valence-corrected chi connectivity index (χ0v) is 8.65. The molecule has 1 heterocycles. The molecule has 1 aliphatic heterocycles. The smallest absolute Gasteiger partial charge is 0.394 e. The van der Waals surface area contributed by atoms with Crippen LogP contribution in [0.2, 0.25) is 0 Å². The number of hydrogen-bond donors (Lipinski definition) is 3. The van der Waals surface area contributed by atoms with Crippen molar-refractivity contribution in [1.82, 2.24) is 4.90 Å². The topological polar surface area (TPSA) is 81.0 Å². The third-order valence-electron chi connectivity index (χ3n) is 2.80. The average Bonchev–Trinajstić information content (AvgIpc) is 2.36. The predicted molar refractivity (Wildman–Crippen MR) is 48.2 cm³/mol. The molecule has 3 N–H and O–H groups in total. The normalized spacial score (nSPS) is 38.5. The monoisotopic (exact) mass is 259 g/mol. The highest BCUT2D eigenvalue weighted by atomic mass is 19.4. The van der Waals surface area contributed by atoms with Gasteiger partial charge in [-0.2, -0.15) is 13.2 Å². The molecule has 1 amide bonds. The molecule has 1 rings (SSSR count). The highest BCUT2D eigenvalue weighted by Crippen LogP contribution is 2.36. The first kappa shape index (κ1) is 14.2. The molecule has 0 spiro atoms. The van der Waals surface area contributed by atoms with Crippen molar-refractivity contribution in [3.63, 3.8) is 0 Å². The third-order valence-corrected chi connectivity index (χ3v) is 2.80. The molecule has 17 heavy (non-hydrogen) atoms. The van der Waals surface area contributed by atoms with E-state index < -0.39 is 42.6 Å². The highest BCUT2D eigenvalue weighted by Gasteiger charge is 2.62. The summed E-state index contributed by atoms with van der Waals surface area (Å²) in [5.41, 5.74) is 0. The second-order valence-electron chi connectivity index (χ2n) is 3.81. The summed E-state index contributed by atoms with van der Waals surface area (Å²) < 4.78 is 50.1. The molecule has 98 valence electrons. The van der Waals surface area contributed by atoms with Crippen molar-refractivity contribution in [2.45, 2.75) is 30.1 Å². The molecule has 0 radical (unpaired) electrons. The van der Waals surface area contributed by atoms with Crippen molar-refractivity contribution >= 4 is 13.8 Å². The van der Waals surface area contributed by atoms with Crippen LogP contribution in [0.5, 0.6) is 0 Å². The molecular formula is C7H10BF4NO4. The lowest BCUT2D eigenvalue weighted by molar-refractivity contribution is -0.190. The van der Waals surface area contributed by atoms with Crippen LogP contribution in [0.25, 0.3) is 0 Å². The summed E-state index contributed by atoms with van der Waals surface area (Å²) in [6, 6.07) is -1.84. The van der Waals surface area contributed by atoms with E-state index in [-0.39, 0.29) is 4.90 Å². The van der Waals surface area contributed by atoms with Gasteiger partial charge in [0.15, 0.2) is 0 Å². The Morgan fingerprint density at radius 1 is 1.47 bits per heavy atom. The number of halogens is 4. The molecule has 0 aromatic heterocycles. The Hall–Kier alpha value is -0.865. The fraction of sp³-hybridized carbons (Fsp3) is 0.857. The fourth-order valence-corrected chi connectivity index (χ4v) is 1.81. The number of likely N-dealkylation sites (tertiary alicyclic amines) is 1. The van der Waals surface area contributed by atoms with Crippen molar-refractivity contribution in [2.24, 2.45) is 0 Å².